The lowest BCUT2D eigenvalue weighted by Crippen LogP contribution is -2.57. The Morgan fingerprint density at radius 3 is 2.54 bits per heavy atom. The Morgan fingerprint density at radius 2 is 1.80 bits per heavy atom. The van der Waals surface area contributed by atoms with E-state index in [9.17, 15) is 9.18 Å². The first kappa shape index (κ1) is 22.9. The SMILES string of the molecule is CCc1ccc(CNC(=O)C2CN(c3ncnc4nn(-c5ccc(F)cc5)cc34)CCN2C)cc1. The van der Waals surface area contributed by atoms with Gasteiger partial charge in [-0.25, -0.2) is 19.0 Å². The number of carbonyl (C=O) groups excluding carboxylic acids is 1. The van der Waals surface area contributed by atoms with Crippen LogP contribution < -0.4 is 10.2 Å². The molecule has 35 heavy (non-hydrogen) atoms. The van der Waals surface area contributed by atoms with Crippen molar-refractivity contribution in [1.29, 1.82) is 0 Å². The lowest BCUT2D eigenvalue weighted by atomic mass is 10.1. The molecule has 9 heteroatoms. The molecule has 8 nitrogen and oxygen atoms in total. The van der Waals surface area contributed by atoms with E-state index in [1.54, 1.807) is 16.8 Å². The summed E-state index contributed by atoms with van der Waals surface area (Å²) in [6.45, 7) is 4.58. The molecule has 1 fully saturated rings. The molecule has 0 aliphatic carbocycles. The molecule has 0 spiro atoms. The second kappa shape index (κ2) is 9.79. The van der Waals surface area contributed by atoms with Gasteiger partial charge in [0.25, 0.3) is 0 Å². The zero-order valence-electron chi connectivity index (χ0n) is 19.9. The van der Waals surface area contributed by atoms with Gasteiger partial charge in [0.15, 0.2) is 5.65 Å². The van der Waals surface area contributed by atoms with Gasteiger partial charge in [-0.15, -0.1) is 5.10 Å². The number of halogens is 1. The Balaban J connectivity index is 1.33. The van der Waals surface area contributed by atoms with Gasteiger partial charge in [-0.3, -0.25) is 9.69 Å². The van der Waals surface area contributed by atoms with Gasteiger partial charge < -0.3 is 10.2 Å². The van der Waals surface area contributed by atoms with Crippen LogP contribution in [0.25, 0.3) is 16.7 Å². The maximum Gasteiger partial charge on any atom is 0.239 e. The van der Waals surface area contributed by atoms with Crippen LogP contribution in [0.4, 0.5) is 10.2 Å². The van der Waals surface area contributed by atoms with Crippen molar-refractivity contribution in [1.82, 2.24) is 30.0 Å². The fraction of sp³-hybridized carbons (Fsp3) is 0.308. The zero-order chi connectivity index (χ0) is 24.4. The van der Waals surface area contributed by atoms with E-state index in [1.165, 1.54) is 24.0 Å². The summed E-state index contributed by atoms with van der Waals surface area (Å²) in [5, 5.41) is 8.42. The molecule has 1 unspecified atom stereocenters. The number of benzene rings is 2. The fourth-order valence-electron chi connectivity index (χ4n) is 4.35. The normalized spacial score (nSPS) is 16.5. The standard InChI is InChI=1S/C26H28FN7O/c1-3-18-4-6-19(7-5-18)14-28-26(35)23-16-33(13-12-32(23)2)25-22-15-34(31-24(22)29-17-30-25)21-10-8-20(27)9-11-21/h4-11,15,17,23H,3,12-14,16H2,1-2H3,(H,28,35). The number of amides is 1. The first-order chi connectivity index (χ1) is 17.0. The van der Waals surface area contributed by atoms with Crippen LogP contribution >= 0.6 is 0 Å². The number of likely N-dealkylation sites (N-methyl/N-ethyl adjacent to an activating group) is 1. The maximum absolute atomic E-state index is 13.3. The predicted molar refractivity (Wildman–Crippen MR) is 133 cm³/mol. The summed E-state index contributed by atoms with van der Waals surface area (Å²) in [6, 6.07) is 14.1. The zero-order valence-corrected chi connectivity index (χ0v) is 19.9. The van der Waals surface area contributed by atoms with Crippen molar-refractivity contribution in [2.24, 2.45) is 0 Å². The third-order valence-corrected chi connectivity index (χ3v) is 6.54. The molecular formula is C26H28FN7O. The second-order valence-corrected chi connectivity index (χ2v) is 8.81. The van der Waals surface area contributed by atoms with E-state index in [-0.39, 0.29) is 17.8 Å². The van der Waals surface area contributed by atoms with Crippen LogP contribution in [0.1, 0.15) is 18.1 Å². The van der Waals surface area contributed by atoms with E-state index in [1.807, 2.05) is 13.2 Å². The first-order valence-electron chi connectivity index (χ1n) is 11.8. The summed E-state index contributed by atoms with van der Waals surface area (Å²) in [5.74, 6) is 0.430. The van der Waals surface area contributed by atoms with Gasteiger partial charge in [0.05, 0.1) is 11.1 Å². The van der Waals surface area contributed by atoms with Crippen molar-refractivity contribution >= 4 is 22.8 Å². The van der Waals surface area contributed by atoms with Gasteiger partial charge in [-0.1, -0.05) is 31.2 Å². The number of piperazine rings is 1. The number of aryl methyl sites for hydroxylation is 1. The fourth-order valence-corrected chi connectivity index (χ4v) is 4.35. The minimum absolute atomic E-state index is 0.0101. The van der Waals surface area contributed by atoms with E-state index in [0.29, 0.717) is 18.7 Å². The number of hydrogen-bond donors (Lipinski definition) is 1. The van der Waals surface area contributed by atoms with Crippen molar-refractivity contribution in [3.63, 3.8) is 0 Å². The van der Waals surface area contributed by atoms with E-state index in [4.69, 9.17) is 0 Å². The molecule has 1 saturated heterocycles. The Morgan fingerprint density at radius 1 is 1.06 bits per heavy atom. The number of nitrogens with one attached hydrogen (secondary N) is 1. The Kier molecular flexibility index (Phi) is 6.41. The molecule has 1 aliphatic rings. The maximum atomic E-state index is 13.3. The van der Waals surface area contributed by atoms with Gasteiger partial charge in [-0.05, 0) is 48.9 Å². The van der Waals surface area contributed by atoms with Gasteiger partial charge in [-0.2, -0.15) is 0 Å². The molecule has 4 aromatic rings. The van der Waals surface area contributed by atoms with Gasteiger partial charge >= 0.3 is 0 Å². The molecule has 2 aromatic heterocycles. The van der Waals surface area contributed by atoms with Crippen LogP contribution in [0.3, 0.4) is 0 Å². The quantitative estimate of drug-likeness (QED) is 0.464. The number of carbonyl (C=O) groups is 1. The molecule has 1 atom stereocenters. The van der Waals surface area contributed by atoms with Crippen molar-refractivity contribution in [2.45, 2.75) is 25.9 Å². The van der Waals surface area contributed by atoms with Crippen LogP contribution in [0.15, 0.2) is 61.1 Å². The highest BCUT2D eigenvalue weighted by Crippen LogP contribution is 2.25. The second-order valence-electron chi connectivity index (χ2n) is 8.81. The van der Waals surface area contributed by atoms with E-state index < -0.39 is 0 Å². The van der Waals surface area contributed by atoms with Crippen LogP contribution in [-0.2, 0) is 17.8 Å². The lowest BCUT2D eigenvalue weighted by Gasteiger charge is -2.39. The third kappa shape index (κ3) is 4.85. The molecule has 180 valence electrons. The third-order valence-electron chi connectivity index (χ3n) is 6.54. The summed E-state index contributed by atoms with van der Waals surface area (Å²) >= 11 is 0. The van der Waals surface area contributed by atoms with Crippen LogP contribution in [0.5, 0.6) is 0 Å². The Bertz CT molecular complexity index is 1320. The van der Waals surface area contributed by atoms with Crippen LogP contribution in [0, 0.1) is 5.82 Å². The van der Waals surface area contributed by atoms with Crippen molar-refractivity contribution in [3.8, 4) is 5.69 Å². The summed E-state index contributed by atoms with van der Waals surface area (Å²) in [7, 11) is 1.97. The summed E-state index contributed by atoms with van der Waals surface area (Å²) in [6.07, 6.45) is 4.34. The van der Waals surface area contributed by atoms with E-state index in [0.717, 1.165) is 42.0 Å². The topological polar surface area (TPSA) is 79.2 Å². The summed E-state index contributed by atoms with van der Waals surface area (Å²) in [5.41, 5.74) is 3.64. The summed E-state index contributed by atoms with van der Waals surface area (Å²) in [4.78, 5) is 26.1. The van der Waals surface area contributed by atoms with Crippen molar-refractivity contribution in [3.05, 3.63) is 78.0 Å². The monoisotopic (exact) mass is 473 g/mol. The minimum Gasteiger partial charge on any atom is -0.353 e. The van der Waals surface area contributed by atoms with Crippen LogP contribution in [0.2, 0.25) is 0 Å². The van der Waals surface area contributed by atoms with Crippen molar-refractivity contribution < 1.29 is 9.18 Å². The van der Waals surface area contributed by atoms with Gasteiger partial charge in [0, 0.05) is 32.4 Å². The van der Waals surface area contributed by atoms with Gasteiger partial charge in [0.1, 0.15) is 24.0 Å². The number of rotatable bonds is 6. The van der Waals surface area contributed by atoms with Gasteiger partial charge in [0.2, 0.25) is 5.91 Å². The average Bonchev–Trinajstić information content (AvgIpc) is 3.33. The van der Waals surface area contributed by atoms with E-state index >= 15 is 0 Å². The Labute approximate surface area is 203 Å². The molecular weight excluding hydrogens is 445 g/mol. The number of aromatic nitrogens is 4. The van der Waals surface area contributed by atoms with Crippen LogP contribution in [-0.4, -0.2) is 63.3 Å². The smallest absolute Gasteiger partial charge is 0.239 e. The predicted octanol–water partition coefficient (Wildman–Crippen LogP) is 2.95. The molecule has 0 radical (unpaired) electrons. The molecule has 1 amide bonds. The molecule has 0 bridgehead atoms. The number of nitrogens with zero attached hydrogens (tertiary/aromatic N) is 6. The van der Waals surface area contributed by atoms with E-state index in [2.05, 4.69) is 61.4 Å². The minimum atomic E-state index is -0.309. The molecule has 2 aromatic carbocycles. The molecule has 3 heterocycles. The molecule has 1 N–H and O–H groups in total. The Hall–Kier alpha value is -3.85. The van der Waals surface area contributed by atoms with Crippen molar-refractivity contribution in [2.75, 3.05) is 31.6 Å². The number of hydrogen-bond acceptors (Lipinski definition) is 6. The number of fused-ring (bicyclic) bond motifs is 1. The summed E-state index contributed by atoms with van der Waals surface area (Å²) < 4.78 is 15.0. The highest BCUT2D eigenvalue weighted by Gasteiger charge is 2.31. The molecule has 5 rings (SSSR count). The largest absolute Gasteiger partial charge is 0.353 e. The highest BCUT2D eigenvalue weighted by atomic mass is 19.1. The average molecular weight is 474 g/mol. The molecule has 1 aliphatic heterocycles. The lowest BCUT2D eigenvalue weighted by molar-refractivity contribution is -0.126. The molecule has 0 saturated carbocycles. The number of anilines is 1. The highest BCUT2D eigenvalue weighted by molar-refractivity contribution is 5.88. The first-order valence-corrected chi connectivity index (χ1v) is 11.8.